The van der Waals surface area contributed by atoms with E-state index in [4.69, 9.17) is 4.74 Å². The van der Waals surface area contributed by atoms with E-state index in [0.717, 1.165) is 30.9 Å². The predicted molar refractivity (Wildman–Crippen MR) is 82.6 cm³/mol. The molecule has 9 heteroatoms. The molecule has 0 bridgehead atoms. The van der Waals surface area contributed by atoms with E-state index < -0.39 is 10.0 Å². The first-order chi connectivity index (χ1) is 10.1. The number of nitrogens with one attached hydrogen (secondary N) is 3. The molecule has 1 amide bonds. The standard InChI is InChI=1S/C12H23N3O4S2/c16-12(11-8-20-9-14-11)13-4-6-21(17,18)15-7-10-3-1-2-5-19-10/h10-11,14-15H,1-9H2,(H,13,16). The molecule has 21 heavy (non-hydrogen) atoms. The molecule has 0 aliphatic carbocycles. The highest BCUT2D eigenvalue weighted by molar-refractivity contribution is 7.99. The van der Waals surface area contributed by atoms with Crippen LogP contribution >= 0.6 is 11.8 Å². The first-order valence-corrected chi connectivity index (χ1v) is 10.1. The van der Waals surface area contributed by atoms with Gasteiger partial charge in [0, 0.05) is 31.3 Å². The van der Waals surface area contributed by atoms with Gasteiger partial charge in [0.25, 0.3) is 0 Å². The van der Waals surface area contributed by atoms with Crippen LogP contribution in [0.4, 0.5) is 0 Å². The van der Waals surface area contributed by atoms with Crippen LogP contribution in [0.5, 0.6) is 0 Å². The van der Waals surface area contributed by atoms with Crippen molar-refractivity contribution < 1.29 is 17.9 Å². The molecule has 2 saturated heterocycles. The second-order valence-corrected chi connectivity index (χ2v) is 8.18. The fourth-order valence-corrected chi connectivity index (χ4v) is 4.15. The van der Waals surface area contributed by atoms with Gasteiger partial charge in [-0.3, -0.25) is 10.1 Å². The molecule has 7 nitrogen and oxygen atoms in total. The minimum Gasteiger partial charge on any atom is -0.377 e. The molecule has 0 aromatic carbocycles. The topological polar surface area (TPSA) is 96.5 Å². The maximum atomic E-state index is 11.8. The van der Waals surface area contributed by atoms with E-state index in [2.05, 4.69) is 15.4 Å². The third-order valence-electron chi connectivity index (χ3n) is 3.51. The van der Waals surface area contributed by atoms with Gasteiger partial charge in [-0.05, 0) is 19.3 Å². The summed E-state index contributed by atoms with van der Waals surface area (Å²) in [5.41, 5.74) is 0. The van der Waals surface area contributed by atoms with Crippen molar-refractivity contribution in [2.24, 2.45) is 0 Å². The first-order valence-electron chi connectivity index (χ1n) is 7.24. The van der Waals surface area contributed by atoms with Crippen molar-refractivity contribution in [2.75, 3.05) is 37.1 Å². The van der Waals surface area contributed by atoms with Crippen molar-refractivity contribution in [1.82, 2.24) is 15.4 Å². The van der Waals surface area contributed by atoms with Crippen molar-refractivity contribution in [3.05, 3.63) is 0 Å². The van der Waals surface area contributed by atoms with Crippen molar-refractivity contribution in [2.45, 2.75) is 31.4 Å². The minimum absolute atomic E-state index is 0.0252. The Morgan fingerprint density at radius 3 is 2.90 bits per heavy atom. The lowest BCUT2D eigenvalue weighted by molar-refractivity contribution is -0.122. The molecule has 2 fully saturated rings. The van der Waals surface area contributed by atoms with Crippen molar-refractivity contribution in [3.63, 3.8) is 0 Å². The van der Waals surface area contributed by atoms with Crippen LogP contribution in [0.25, 0.3) is 0 Å². The van der Waals surface area contributed by atoms with Crippen LogP contribution in [0.2, 0.25) is 0 Å². The number of sulfonamides is 1. The van der Waals surface area contributed by atoms with Gasteiger partial charge in [0.15, 0.2) is 0 Å². The molecule has 2 aliphatic heterocycles. The Kier molecular flexibility index (Phi) is 6.74. The fraction of sp³-hybridized carbons (Fsp3) is 0.917. The van der Waals surface area contributed by atoms with Crippen molar-refractivity contribution >= 4 is 27.7 Å². The average molecular weight is 337 g/mol. The molecule has 2 atom stereocenters. The lowest BCUT2D eigenvalue weighted by Crippen LogP contribution is -2.45. The van der Waals surface area contributed by atoms with Gasteiger partial charge < -0.3 is 10.1 Å². The van der Waals surface area contributed by atoms with E-state index in [1.54, 1.807) is 11.8 Å². The Morgan fingerprint density at radius 1 is 1.38 bits per heavy atom. The van der Waals surface area contributed by atoms with Crippen LogP contribution in [0.1, 0.15) is 19.3 Å². The quantitative estimate of drug-likeness (QED) is 0.566. The minimum atomic E-state index is -3.37. The zero-order chi connectivity index (χ0) is 15.1. The molecule has 0 aromatic rings. The van der Waals surface area contributed by atoms with Crippen LogP contribution in [0.15, 0.2) is 0 Å². The molecule has 2 aliphatic rings. The number of thioether (sulfide) groups is 1. The second kappa shape index (κ2) is 8.33. The van der Waals surface area contributed by atoms with Crippen LogP contribution < -0.4 is 15.4 Å². The Balaban J connectivity index is 1.62. The van der Waals surface area contributed by atoms with Gasteiger partial charge in [0.2, 0.25) is 15.9 Å². The SMILES string of the molecule is O=C(NCCS(=O)(=O)NCC1CCCCO1)C1CSCN1. The highest BCUT2D eigenvalue weighted by Gasteiger charge is 2.23. The monoisotopic (exact) mass is 337 g/mol. The van der Waals surface area contributed by atoms with Crippen molar-refractivity contribution in [3.8, 4) is 0 Å². The zero-order valence-electron chi connectivity index (χ0n) is 12.0. The van der Waals surface area contributed by atoms with E-state index in [1.807, 2.05) is 0 Å². The molecular formula is C12H23N3O4S2. The Morgan fingerprint density at radius 2 is 2.24 bits per heavy atom. The van der Waals surface area contributed by atoms with Gasteiger partial charge in [-0.25, -0.2) is 13.1 Å². The van der Waals surface area contributed by atoms with Crippen molar-refractivity contribution in [1.29, 1.82) is 0 Å². The highest BCUT2D eigenvalue weighted by atomic mass is 32.2. The molecule has 0 spiro atoms. The average Bonchev–Trinajstić information content (AvgIpc) is 3.00. The summed E-state index contributed by atoms with van der Waals surface area (Å²) in [5.74, 6) is 1.26. The third kappa shape index (κ3) is 6.11. The van der Waals surface area contributed by atoms with Crippen LogP contribution in [0, 0.1) is 0 Å². The maximum Gasteiger partial charge on any atom is 0.238 e. The van der Waals surface area contributed by atoms with E-state index in [0.29, 0.717) is 13.2 Å². The van der Waals surface area contributed by atoms with Gasteiger partial charge in [-0.2, -0.15) is 0 Å². The number of carbonyl (C=O) groups excluding carboxylic acids is 1. The molecule has 3 N–H and O–H groups in total. The highest BCUT2D eigenvalue weighted by Crippen LogP contribution is 2.12. The lowest BCUT2D eigenvalue weighted by Gasteiger charge is -2.22. The Bertz CT molecular complexity index is 432. The van der Waals surface area contributed by atoms with E-state index in [-0.39, 0.29) is 30.4 Å². The number of hydrogen-bond donors (Lipinski definition) is 3. The number of rotatable bonds is 7. The zero-order valence-corrected chi connectivity index (χ0v) is 13.6. The van der Waals surface area contributed by atoms with Crippen LogP contribution in [-0.2, 0) is 19.6 Å². The van der Waals surface area contributed by atoms with Gasteiger partial charge in [0.1, 0.15) is 0 Å². The largest absolute Gasteiger partial charge is 0.377 e. The molecule has 2 heterocycles. The summed E-state index contributed by atoms with van der Waals surface area (Å²) < 4.78 is 31.7. The smallest absolute Gasteiger partial charge is 0.238 e. The summed E-state index contributed by atoms with van der Waals surface area (Å²) in [6, 6.07) is -0.207. The predicted octanol–water partition coefficient (Wildman–Crippen LogP) is -0.746. The number of hydrogen-bond acceptors (Lipinski definition) is 6. The lowest BCUT2D eigenvalue weighted by atomic mass is 10.1. The number of carbonyl (C=O) groups is 1. The molecule has 122 valence electrons. The molecule has 0 aromatic heterocycles. The molecule has 0 radical (unpaired) electrons. The van der Waals surface area contributed by atoms with Gasteiger partial charge in [-0.1, -0.05) is 0 Å². The summed E-state index contributed by atoms with van der Waals surface area (Å²) in [7, 11) is -3.37. The van der Waals surface area contributed by atoms with E-state index in [9.17, 15) is 13.2 Å². The second-order valence-electron chi connectivity index (χ2n) is 5.22. The number of amides is 1. The van der Waals surface area contributed by atoms with Gasteiger partial charge >= 0.3 is 0 Å². The third-order valence-corrected chi connectivity index (χ3v) is 5.80. The fourth-order valence-electron chi connectivity index (χ4n) is 2.26. The molecular weight excluding hydrogens is 314 g/mol. The Hall–Kier alpha value is -0.350. The molecule has 2 unspecified atom stereocenters. The summed E-state index contributed by atoms with van der Waals surface area (Å²) >= 11 is 1.66. The van der Waals surface area contributed by atoms with Crippen LogP contribution in [0.3, 0.4) is 0 Å². The summed E-state index contributed by atoms with van der Waals surface area (Å²) in [5, 5.41) is 5.69. The van der Waals surface area contributed by atoms with Crippen LogP contribution in [-0.4, -0.2) is 63.5 Å². The number of ether oxygens (including phenoxy) is 1. The first kappa shape index (κ1) is 17.0. The molecule has 0 saturated carbocycles. The summed E-state index contributed by atoms with van der Waals surface area (Å²) in [6.45, 7) is 1.15. The Labute approximate surface area is 130 Å². The normalized spacial score (nSPS) is 26.7. The van der Waals surface area contributed by atoms with Gasteiger partial charge in [0.05, 0.1) is 17.9 Å². The maximum absolute atomic E-state index is 11.8. The van der Waals surface area contributed by atoms with E-state index in [1.165, 1.54) is 0 Å². The molecule has 2 rings (SSSR count). The van der Waals surface area contributed by atoms with Gasteiger partial charge in [-0.15, -0.1) is 11.8 Å². The summed E-state index contributed by atoms with van der Waals surface area (Å²) in [6.07, 6.45) is 2.99. The summed E-state index contributed by atoms with van der Waals surface area (Å²) in [4.78, 5) is 11.7. The van der Waals surface area contributed by atoms with E-state index >= 15 is 0 Å².